The minimum absolute atomic E-state index is 0.132. The van der Waals surface area contributed by atoms with Crippen molar-refractivity contribution in [1.29, 1.82) is 0 Å². The first kappa shape index (κ1) is 43.5. The lowest BCUT2D eigenvalue weighted by Gasteiger charge is -2.33. The minimum Gasteiger partial charge on any atom is -0.443 e. The lowest BCUT2D eigenvalue weighted by molar-refractivity contribution is -0.0232. The molecule has 6 atom stereocenters. The summed E-state index contributed by atoms with van der Waals surface area (Å²) in [6.07, 6.45) is 12.9. The molecule has 1 aliphatic heterocycles. The number of aryl methyl sites for hydroxylation is 1. The van der Waals surface area contributed by atoms with Gasteiger partial charge in [0, 0.05) is 23.1 Å². The van der Waals surface area contributed by atoms with Gasteiger partial charge in [0.1, 0.15) is 6.23 Å². The summed E-state index contributed by atoms with van der Waals surface area (Å²) in [5.41, 5.74) is 7.53. The van der Waals surface area contributed by atoms with Crippen molar-refractivity contribution >= 4 is 30.2 Å². The number of halogens is 2. The number of aromatic amines is 1. The van der Waals surface area contributed by atoms with Crippen molar-refractivity contribution in [3.8, 4) is 0 Å². The molecule has 0 spiro atoms. The van der Waals surface area contributed by atoms with Crippen LogP contribution in [0.3, 0.4) is 0 Å². The second-order valence-electron chi connectivity index (χ2n) is 12.0. The van der Waals surface area contributed by atoms with Gasteiger partial charge in [0.25, 0.3) is 5.56 Å². The SMILES string of the molecule is [B-][P@](=O)(OC[C@H]1O[C@@H](n2cc(C)c(=O)[nH]c2=O)C[C@@H]1N=[N+]=[N-])OP(=O)(O)C(F)(F)P(=O)(O)OCCCCCCCCCCCCCCCC. The maximum atomic E-state index is 14.8. The molecule has 1 fully saturated rings. The Hall–Kier alpha value is -1.64. The highest BCUT2D eigenvalue weighted by molar-refractivity contribution is 7.86. The topological polar surface area (TPSA) is 232 Å². The highest BCUT2D eigenvalue weighted by atomic mass is 31.3. The molecule has 1 aromatic rings. The number of H-pyrrole nitrogens is 1. The predicted molar refractivity (Wildman–Crippen MR) is 179 cm³/mol. The van der Waals surface area contributed by atoms with Gasteiger partial charge in [0.05, 0.1) is 32.8 Å². The van der Waals surface area contributed by atoms with Gasteiger partial charge >= 0.3 is 26.3 Å². The van der Waals surface area contributed by atoms with E-state index in [1.807, 2.05) is 0 Å². The second kappa shape index (κ2) is 20.4. The second-order valence-corrected chi connectivity index (χ2v) is 17.8. The molecule has 3 radical (unpaired) electrons. The van der Waals surface area contributed by atoms with Crippen molar-refractivity contribution in [2.24, 2.45) is 5.11 Å². The molecular weight excluding hydrogens is 712 g/mol. The molecule has 0 bridgehead atoms. The minimum atomic E-state index is -6.58. The molecule has 0 amide bonds. The lowest BCUT2D eigenvalue weighted by atomic mass is 10.0. The van der Waals surface area contributed by atoms with Gasteiger partial charge in [0.2, 0.25) is 0 Å². The Bertz CT molecular complexity index is 1510. The summed E-state index contributed by atoms with van der Waals surface area (Å²) in [4.78, 5) is 48.4. The molecule has 0 saturated carbocycles. The zero-order chi connectivity index (χ0) is 36.7. The van der Waals surface area contributed by atoms with Crippen LogP contribution in [0.4, 0.5) is 8.78 Å². The lowest BCUT2D eigenvalue weighted by Crippen LogP contribution is -2.33. The smallest absolute Gasteiger partial charge is 0.443 e. The fourth-order valence-corrected chi connectivity index (χ4v) is 9.63. The van der Waals surface area contributed by atoms with Crippen LogP contribution in [-0.4, -0.2) is 57.7 Å². The van der Waals surface area contributed by atoms with E-state index in [1.165, 1.54) is 58.1 Å². The van der Waals surface area contributed by atoms with Crippen LogP contribution in [0.5, 0.6) is 0 Å². The van der Waals surface area contributed by atoms with E-state index in [4.69, 9.17) is 22.4 Å². The van der Waals surface area contributed by atoms with Crippen LogP contribution in [0.2, 0.25) is 0 Å². The van der Waals surface area contributed by atoms with Gasteiger partial charge in [0.15, 0.2) is 0 Å². The van der Waals surface area contributed by atoms with Crippen molar-refractivity contribution in [2.75, 3.05) is 13.2 Å². The van der Waals surface area contributed by atoms with Gasteiger partial charge in [-0.25, -0.2) is 4.79 Å². The van der Waals surface area contributed by atoms with Crippen molar-refractivity contribution in [3.05, 3.63) is 43.0 Å². The number of unbranched alkanes of at least 4 members (excludes halogenated alkanes) is 13. The number of ether oxygens (including phenoxy) is 1. The van der Waals surface area contributed by atoms with Crippen LogP contribution in [0.15, 0.2) is 20.9 Å². The van der Waals surface area contributed by atoms with E-state index in [-0.39, 0.29) is 18.4 Å². The van der Waals surface area contributed by atoms with Gasteiger partial charge in [-0.3, -0.25) is 27.8 Å². The predicted octanol–water partition coefficient (Wildman–Crippen LogP) is 7.54. The number of nitrogens with one attached hydrogen (secondary N) is 1. The Kier molecular flexibility index (Phi) is 18.1. The summed E-state index contributed by atoms with van der Waals surface area (Å²) in [6.45, 7) is 2.07. The molecule has 16 nitrogen and oxygen atoms in total. The number of hydrogen-bond acceptors (Lipinski definition) is 10. The average Bonchev–Trinajstić information content (AvgIpc) is 3.41. The Balaban J connectivity index is 1.81. The average molecular weight is 759 g/mol. The van der Waals surface area contributed by atoms with Crippen molar-refractivity contribution in [2.45, 2.75) is 134 Å². The summed E-state index contributed by atoms with van der Waals surface area (Å²) in [5, 5.41) is -1.95. The first-order valence-corrected chi connectivity index (χ1v) is 21.2. The largest absolute Gasteiger partial charge is 0.444 e. The monoisotopic (exact) mass is 759 g/mol. The third-order valence-electron chi connectivity index (χ3n) is 7.95. The van der Waals surface area contributed by atoms with E-state index < -0.39 is 70.9 Å². The van der Waals surface area contributed by atoms with Crippen LogP contribution in [0.1, 0.15) is 115 Å². The molecular formula is C27H47BF2N5O11P3-. The molecule has 22 heteroatoms. The summed E-state index contributed by atoms with van der Waals surface area (Å²) in [6, 6.07) is -1.10. The van der Waals surface area contributed by atoms with Crippen LogP contribution in [0, 0.1) is 6.92 Å². The number of rotatable bonds is 25. The van der Waals surface area contributed by atoms with Gasteiger partial charge < -0.3 is 35.7 Å². The molecule has 2 heterocycles. The summed E-state index contributed by atoms with van der Waals surface area (Å²) in [5.74, 6) is 0. The molecule has 3 N–H and O–H groups in total. The van der Waals surface area contributed by atoms with E-state index in [2.05, 4.69) is 30.8 Å². The van der Waals surface area contributed by atoms with Crippen LogP contribution in [-0.2, 0) is 31.8 Å². The van der Waals surface area contributed by atoms with Crippen molar-refractivity contribution in [3.63, 3.8) is 0 Å². The highest BCUT2D eigenvalue weighted by Crippen LogP contribution is 2.79. The molecule has 2 rings (SSSR count). The highest BCUT2D eigenvalue weighted by Gasteiger charge is 2.67. The first-order chi connectivity index (χ1) is 23.0. The molecule has 49 heavy (non-hydrogen) atoms. The van der Waals surface area contributed by atoms with Gasteiger partial charge in [-0.2, -0.15) is 8.78 Å². The van der Waals surface area contributed by atoms with Crippen molar-refractivity contribution in [1.82, 2.24) is 9.55 Å². The number of alkyl halides is 2. The first-order valence-electron chi connectivity index (χ1n) is 16.4. The molecule has 1 saturated heterocycles. The van der Waals surface area contributed by atoms with E-state index in [0.29, 0.717) is 6.42 Å². The van der Waals surface area contributed by atoms with Gasteiger partial charge in [-0.15, -0.1) is 0 Å². The standard InChI is InChI=1S/C27H47BF2N5O11P3/c1-3-4-5-6-7-8-9-10-11-12-13-14-15-16-17-43-47(38,39)27(29,30)48(40,41)46-49(28,42)44-20-23-22(33-34-31)18-24(45-23)35-19-21(2)25(36)32-26(35)37/h19,22-24H,3-18,20H2,1-2H3,(H,38,39)(H,40,41)(H,32,36,37)/q-1/t22-,23+,24+,49-/m0/s1. The summed E-state index contributed by atoms with van der Waals surface area (Å²) < 4.78 is 86.7. The van der Waals surface area contributed by atoms with Crippen LogP contribution in [0.25, 0.3) is 10.4 Å². The normalized spacial score (nSPS) is 21.8. The Morgan fingerprint density at radius 1 is 1.00 bits per heavy atom. The Morgan fingerprint density at radius 3 is 2.06 bits per heavy atom. The quantitative estimate of drug-likeness (QED) is 0.0220. The number of aromatic nitrogens is 2. The van der Waals surface area contributed by atoms with E-state index in [0.717, 1.165) is 36.7 Å². The zero-order valence-electron chi connectivity index (χ0n) is 27.9. The third-order valence-corrected chi connectivity index (χ3v) is 13.7. The van der Waals surface area contributed by atoms with Crippen LogP contribution >= 0.6 is 22.7 Å². The van der Waals surface area contributed by atoms with E-state index in [1.54, 1.807) is 0 Å². The maximum absolute atomic E-state index is 14.8. The van der Waals surface area contributed by atoms with E-state index >= 15 is 0 Å². The summed E-state index contributed by atoms with van der Waals surface area (Å²) in [7, 11) is -12.8. The van der Waals surface area contributed by atoms with Crippen LogP contribution < -0.4 is 11.2 Å². The van der Waals surface area contributed by atoms with E-state index in [9.17, 15) is 41.9 Å². The molecule has 1 aromatic heterocycles. The molecule has 0 aliphatic carbocycles. The number of nitrogens with zero attached hydrogens (tertiary/aromatic N) is 4. The number of hydrogen-bond donors (Lipinski definition) is 3. The number of azide groups is 1. The van der Waals surface area contributed by atoms with Gasteiger partial charge in [-0.1, -0.05) is 95.5 Å². The Labute approximate surface area is 285 Å². The molecule has 2 unspecified atom stereocenters. The fourth-order valence-electron chi connectivity index (χ4n) is 5.15. The fraction of sp³-hybridized carbons (Fsp3) is 0.852. The molecule has 1 aliphatic rings. The Morgan fingerprint density at radius 2 is 1.53 bits per heavy atom. The third kappa shape index (κ3) is 13.8. The zero-order valence-corrected chi connectivity index (χ0v) is 30.5. The molecule has 279 valence electrons. The maximum Gasteiger partial charge on any atom is 0.444 e. The van der Waals surface area contributed by atoms with Gasteiger partial charge in [-0.05, 0) is 18.9 Å². The summed E-state index contributed by atoms with van der Waals surface area (Å²) >= 11 is 0. The van der Waals surface area contributed by atoms with Crippen molar-refractivity contribution < 1.29 is 50.4 Å². The molecule has 0 aromatic carbocycles.